The lowest BCUT2D eigenvalue weighted by Crippen LogP contribution is -3.14. The summed E-state index contributed by atoms with van der Waals surface area (Å²) >= 11 is 0. The van der Waals surface area contributed by atoms with Crippen LogP contribution in [0.15, 0.2) is 29.2 Å². The van der Waals surface area contributed by atoms with Crippen LogP contribution in [0.4, 0.5) is 13.2 Å². The Morgan fingerprint density at radius 3 is 2.48 bits per heavy atom. The fourth-order valence-corrected chi connectivity index (χ4v) is 4.00. The Morgan fingerprint density at radius 2 is 1.91 bits per heavy atom. The minimum Gasteiger partial charge on any atom is -0.332 e. The van der Waals surface area contributed by atoms with Gasteiger partial charge in [0.1, 0.15) is 0 Å². The molecule has 1 aliphatic heterocycles. The van der Waals surface area contributed by atoms with E-state index >= 15 is 0 Å². The molecule has 1 N–H and O–H groups in total. The second kappa shape index (κ2) is 6.86. The van der Waals surface area contributed by atoms with Crippen LogP contribution in [0.2, 0.25) is 0 Å². The summed E-state index contributed by atoms with van der Waals surface area (Å²) in [6.07, 6.45) is -4.18. The second-order valence-corrected chi connectivity index (χ2v) is 7.28. The van der Waals surface area contributed by atoms with Gasteiger partial charge in [0.05, 0.1) is 55.7 Å². The molecular formula is C14H17F3N3O2S+. The molecule has 0 aliphatic carbocycles. The number of hydrogen-bond donors (Lipinski definition) is 1. The lowest BCUT2D eigenvalue weighted by Gasteiger charge is -2.31. The summed E-state index contributed by atoms with van der Waals surface area (Å²) in [5.74, 6) is 0. The summed E-state index contributed by atoms with van der Waals surface area (Å²) < 4.78 is 64.4. The van der Waals surface area contributed by atoms with Crippen molar-refractivity contribution in [2.75, 3.05) is 32.7 Å². The summed E-state index contributed by atoms with van der Waals surface area (Å²) in [5.41, 5.74) is -0.975. The Labute approximate surface area is 133 Å². The highest BCUT2D eigenvalue weighted by atomic mass is 32.2. The number of nitriles is 1. The van der Waals surface area contributed by atoms with Crippen LogP contribution in [0.25, 0.3) is 0 Å². The van der Waals surface area contributed by atoms with Crippen LogP contribution >= 0.6 is 0 Å². The number of sulfonamides is 1. The molecule has 1 fully saturated rings. The van der Waals surface area contributed by atoms with Crippen LogP contribution in [0.5, 0.6) is 0 Å². The summed E-state index contributed by atoms with van der Waals surface area (Å²) in [6.45, 7) is 2.20. The number of alkyl halides is 3. The van der Waals surface area contributed by atoms with Crippen molar-refractivity contribution < 1.29 is 26.5 Å². The lowest BCUT2D eigenvalue weighted by atomic mass is 10.2. The number of piperazine rings is 1. The predicted octanol–water partition coefficient (Wildman–Crippen LogP) is 0.508. The van der Waals surface area contributed by atoms with E-state index in [0.717, 1.165) is 17.0 Å². The topological polar surface area (TPSA) is 65.6 Å². The highest BCUT2D eigenvalue weighted by molar-refractivity contribution is 7.89. The molecule has 0 unspecified atom stereocenters. The van der Waals surface area contributed by atoms with E-state index in [1.165, 1.54) is 10.4 Å². The van der Waals surface area contributed by atoms with E-state index in [1.54, 1.807) is 0 Å². The average Bonchev–Trinajstić information content (AvgIpc) is 2.52. The van der Waals surface area contributed by atoms with Crippen molar-refractivity contribution >= 4 is 10.0 Å². The van der Waals surface area contributed by atoms with Gasteiger partial charge in [-0.05, 0) is 18.2 Å². The second-order valence-electron chi connectivity index (χ2n) is 5.34. The fraction of sp³-hybridized carbons (Fsp3) is 0.500. The predicted molar refractivity (Wildman–Crippen MR) is 76.0 cm³/mol. The van der Waals surface area contributed by atoms with Gasteiger partial charge in [-0.2, -0.15) is 22.7 Å². The number of rotatable bonds is 4. The zero-order valence-electron chi connectivity index (χ0n) is 12.3. The summed E-state index contributed by atoms with van der Waals surface area (Å²) in [7, 11) is -3.93. The number of benzene rings is 1. The van der Waals surface area contributed by atoms with E-state index in [0.29, 0.717) is 32.1 Å². The van der Waals surface area contributed by atoms with Crippen LogP contribution in [0.1, 0.15) is 12.0 Å². The maximum atomic E-state index is 12.7. The van der Waals surface area contributed by atoms with E-state index in [4.69, 9.17) is 5.26 Å². The zero-order valence-corrected chi connectivity index (χ0v) is 13.1. The van der Waals surface area contributed by atoms with Gasteiger partial charge in [0.25, 0.3) is 0 Å². The van der Waals surface area contributed by atoms with Crippen LogP contribution in [-0.4, -0.2) is 45.4 Å². The highest BCUT2D eigenvalue weighted by Crippen LogP contribution is 2.31. The SMILES string of the molecule is N#CCC[NH+]1CCN(S(=O)(=O)c2cccc(C(F)(F)F)c2)CC1. The van der Waals surface area contributed by atoms with E-state index < -0.39 is 21.8 Å². The molecule has 0 radical (unpaired) electrons. The Morgan fingerprint density at radius 1 is 1.26 bits per heavy atom. The number of nitrogens with one attached hydrogen (secondary N) is 1. The molecule has 0 amide bonds. The molecule has 126 valence electrons. The quantitative estimate of drug-likeness (QED) is 0.862. The molecule has 0 saturated carbocycles. The number of halogens is 3. The third-order valence-electron chi connectivity index (χ3n) is 3.82. The van der Waals surface area contributed by atoms with Crippen LogP contribution in [0, 0.1) is 11.3 Å². The first kappa shape index (κ1) is 17.7. The maximum Gasteiger partial charge on any atom is 0.416 e. The normalized spacial score (nSPS) is 17.8. The summed E-state index contributed by atoms with van der Waals surface area (Å²) in [5, 5.41) is 8.56. The minimum atomic E-state index is -4.58. The molecular weight excluding hydrogens is 331 g/mol. The maximum absolute atomic E-state index is 12.7. The van der Waals surface area contributed by atoms with Crippen molar-refractivity contribution in [3.8, 4) is 6.07 Å². The Kier molecular flexibility index (Phi) is 5.29. The lowest BCUT2D eigenvalue weighted by molar-refractivity contribution is -0.903. The third kappa shape index (κ3) is 4.22. The van der Waals surface area contributed by atoms with Crippen LogP contribution < -0.4 is 4.90 Å². The minimum absolute atomic E-state index is 0.235. The van der Waals surface area contributed by atoms with Gasteiger partial charge in [-0.25, -0.2) is 8.42 Å². The van der Waals surface area contributed by atoms with Crippen molar-refractivity contribution in [1.29, 1.82) is 5.26 Å². The smallest absolute Gasteiger partial charge is 0.332 e. The van der Waals surface area contributed by atoms with Gasteiger partial charge in [0.15, 0.2) is 0 Å². The van der Waals surface area contributed by atoms with Gasteiger partial charge in [0, 0.05) is 0 Å². The first-order valence-corrected chi connectivity index (χ1v) is 8.57. The molecule has 23 heavy (non-hydrogen) atoms. The van der Waals surface area contributed by atoms with Crippen molar-refractivity contribution in [2.24, 2.45) is 0 Å². The first-order valence-electron chi connectivity index (χ1n) is 7.13. The van der Waals surface area contributed by atoms with Crippen molar-refractivity contribution in [3.63, 3.8) is 0 Å². The largest absolute Gasteiger partial charge is 0.416 e. The van der Waals surface area contributed by atoms with Gasteiger partial charge < -0.3 is 4.90 Å². The molecule has 1 aliphatic rings. The van der Waals surface area contributed by atoms with Gasteiger partial charge in [0.2, 0.25) is 10.0 Å². The molecule has 1 aromatic rings. The molecule has 1 saturated heterocycles. The fourth-order valence-electron chi connectivity index (χ4n) is 2.51. The van der Waals surface area contributed by atoms with Gasteiger partial charge in [-0.1, -0.05) is 6.07 Å². The molecule has 0 aromatic heterocycles. The molecule has 0 atom stereocenters. The van der Waals surface area contributed by atoms with Crippen LogP contribution in [-0.2, 0) is 16.2 Å². The average molecular weight is 348 g/mol. The van der Waals surface area contributed by atoms with E-state index in [9.17, 15) is 21.6 Å². The summed E-state index contributed by atoms with van der Waals surface area (Å²) in [6, 6.07) is 5.85. The first-order chi connectivity index (χ1) is 10.7. The van der Waals surface area contributed by atoms with Crippen LogP contribution in [0.3, 0.4) is 0 Å². The molecule has 9 heteroatoms. The van der Waals surface area contributed by atoms with Gasteiger partial charge in [-0.15, -0.1) is 0 Å². The molecule has 1 aromatic carbocycles. The number of nitrogens with zero attached hydrogens (tertiary/aromatic N) is 2. The Bertz CT molecular complexity index is 690. The number of quaternary nitrogens is 1. The van der Waals surface area contributed by atoms with Crippen molar-refractivity contribution in [3.05, 3.63) is 29.8 Å². The van der Waals surface area contributed by atoms with Gasteiger partial charge in [-0.3, -0.25) is 0 Å². The monoisotopic (exact) mass is 348 g/mol. The van der Waals surface area contributed by atoms with E-state index in [1.807, 2.05) is 6.07 Å². The van der Waals surface area contributed by atoms with E-state index in [2.05, 4.69) is 0 Å². The van der Waals surface area contributed by atoms with Gasteiger partial charge >= 0.3 is 6.18 Å². The van der Waals surface area contributed by atoms with E-state index in [-0.39, 0.29) is 18.0 Å². The molecule has 2 rings (SSSR count). The molecule has 0 bridgehead atoms. The molecule has 5 nitrogen and oxygen atoms in total. The number of hydrogen-bond acceptors (Lipinski definition) is 3. The molecule has 0 spiro atoms. The standard InChI is InChI=1S/C14H16F3N3O2S/c15-14(16,17)12-3-1-4-13(11-12)23(21,22)20-9-7-19(8-10-20)6-2-5-18/h1,3-4,11H,2,6-10H2/p+1. The van der Waals surface area contributed by atoms with Crippen molar-refractivity contribution in [2.45, 2.75) is 17.5 Å². The van der Waals surface area contributed by atoms with Crippen molar-refractivity contribution in [1.82, 2.24) is 4.31 Å². The zero-order chi connectivity index (χ0) is 17.1. The Hall–Kier alpha value is -1.63. The Balaban J connectivity index is 2.13. The molecule has 1 heterocycles. The highest BCUT2D eigenvalue weighted by Gasteiger charge is 2.34. The third-order valence-corrected chi connectivity index (χ3v) is 5.71. The summed E-state index contributed by atoms with van der Waals surface area (Å²) in [4.78, 5) is 0.787.